The van der Waals surface area contributed by atoms with Gasteiger partial charge >= 0.3 is 5.97 Å². The van der Waals surface area contributed by atoms with E-state index in [0.717, 1.165) is 78.1 Å². The third-order valence-electron chi connectivity index (χ3n) is 7.61. The first-order valence-corrected chi connectivity index (χ1v) is 12.5. The van der Waals surface area contributed by atoms with E-state index in [2.05, 4.69) is 40.6 Å². The van der Waals surface area contributed by atoms with Crippen LogP contribution in [0, 0.1) is 0 Å². The highest BCUT2D eigenvalue weighted by molar-refractivity contribution is 5.99. The van der Waals surface area contributed by atoms with Crippen molar-refractivity contribution >= 4 is 22.6 Å². The largest absolute Gasteiger partial charge is 0.497 e. The summed E-state index contributed by atoms with van der Waals surface area (Å²) in [5, 5.41) is 10.7. The van der Waals surface area contributed by atoms with E-state index >= 15 is 4.39 Å². The summed E-state index contributed by atoms with van der Waals surface area (Å²) < 4.78 is 23.3. The van der Waals surface area contributed by atoms with Crippen molar-refractivity contribution in [2.24, 2.45) is 0 Å². The van der Waals surface area contributed by atoms with Crippen LogP contribution in [0.25, 0.3) is 22.2 Å². The highest BCUT2D eigenvalue weighted by Gasteiger charge is 2.35. The molecule has 0 bridgehead atoms. The second-order valence-corrected chi connectivity index (χ2v) is 10.0. The highest BCUT2D eigenvalue weighted by atomic mass is 19.1. The number of benzene rings is 2. The second-order valence-electron chi connectivity index (χ2n) is 10.0. The molecule has 0 spiro atoms. The maximum absolute atomic E-state index is 15.5. The number of aromatic carboxylic acids is 1. The van der Waals surface area contributed by atoms with Gasteiger partial charge in [-0.05, 0) is 56.8 Å². The molecule has 2 atom stereocenters. The summed E-state index contributed by atoms with van der Waals surface area (Å²) in [6.45, 7) is 3.21. The number of anilines is 1. The van der Waals surface area contributed by atoms with Gasteiger partial charge in [-0.25, -0.2) is 9.18 Å². The van der Waals surface area contributed by atoms with Gasteiger partial charge in [0.1, 0.15) is 11.9 Å². The third kappa shape index (κ3) is 4.27. The van der Waals surface area contributed by atoms with Crippen molar-refractivity contribution in [3.05, 3.63) is 47.5 Å². The molecule has 0 radical (unpaired) electrons. The Bertz CT molecular complexity index is 1250. The van der Waals surface area contributed by atoms with Gasteiger partial charge in [0.2, 0.25) is 0 Å². The molecule has 5 rings (SSSR count). The van der Waals surface area contributed by atoms with E-state index in [4.69, 9.17) is 4.74 Å². The maximum atomic E-state index is 15.5. The Morgan fingerprint density at radius 2 is 1.94 bits per heavy atom. The van der Waals surface area contributed by atoms with Crippen molar-refractivity contribution in [3.8, 4) is 17.0 Å². The fourth-order valence-electron chi connectivity index (χ4n) is 5.81. The van der Waals surface area contributed by atoms with Crippen molar-refractivity contribution in [1.82, 2.24) is 9.47 Å². The lowest BCUT2D eigenvalue weighted by atomic mass is 9.80. The first kappa shape index (κ1) is 23.7. The van der Waals surface area contributed by atoms with Gasteiger partial charge in [0.15, 0.2) is 0 Å². The van der Waals surface area contributed by atoms with Crippen molar-refractivity contribution in [3.63, 3.8) is 0 Å². The Kier molecular flexibility index (Phi) is 6.45. The highest BCUT2D eigenvalue weighted by Crippen LogP contribution is 2.48. The molecule has 1 N–H and O–H groups in total. The summed E-state index contributed by atoms with van der Waals surface area (Å²) in [5.74, 6) is -0.350. The van der Waals surface area contributed by atoms with Gasteiger partial charge in [-0.2, -0.15) is 0 Å². The molecule has 2 aromatic carbocycles. The molecule has 2 aliphatic rings. The number of methoxy groups -OCH3 is 1. The normalized spacial score (nSPS) is 20.0. The molecule has 6 nitrogen and oxygen atoms in total. The van der Waals surface area contributed by atoms with Crippen molar-refractivity contribution < 1.29 is 19.0 Å². The molecule has 2 heterocycles. The molecule has 1 saturated carbocycles. The molecule has 1 aliphatic carbocycles. The molecule has 186 valence electrons. The van der Waals surface area contributed by atoms with Crippen LogP contribution in [0.3, 0.4) is 0 Å². The summed E-state index contributed by atoms with van der Waals surface area (Å²) in [4.78, 5) is 16.4. The number of halogens is 1. The zero-order valence-electron chi connectivity index (χ0n) is 20.8. The van der Waals surface area contributed by atoms with E-state index in [9.17, 15) is 9.90 Å². The van der Waals surface area contributed by atoms with Crippen molar-refractivity contribution in [2.45, 2.75) is 44.3 Å². The van der Waals surface area contributed by atoms with Crippen molar-refractivity contribution in [1.29, 1.82) is 0 Å². The van der Waals surface area contributed by atoms with Gasteiger partial charge < -0.3 is 24.2 Å². The maximum Gasteiger partial charge on any atom is 0.335 e. The molecule has 1 fully saturated rings. The SMILES string of the molecule is COc1ccc2c(c1)N(CCN(C)C)CCn1c-2c([C@H]2CCCC[C@@H]2F)c2ccc(C(=O)O)cc21. The lowest BCUT2D eigenvalue weighted by Crippen LogP contribution is -2.33. The number of likely N-dealkylation sites (N-methyl/N-ethyl adjacent to an activating group) is 1. The topological polar surface area (TPSA) is 57.9 Å². The number of alkyl halides is 1. The predicted molar refractivity (Wildman–Crippen MR) is 138 cm³/mol. The van der Waals surface area contributed by atoms with Crippen LogP contribution >= 0.6 is 0 Å². The molecular weight excluding hydrogens is 445 g/mol. The number of carboxylic acid groups (broad SMARTS) is 1. The number of carboxylic acids is 1. The number of hydrogen-bond donors (Lipinski definition) is 1. The minimum absolute atomic E-state index is 0.193. The molecule has 0 unspecified atom stereocenters. The summed E-state index contributed by atoms with van der Waals surface area (Å²) in [5.41, 5.74) is 5.34. The van der Waals surface area contributed by atoms with Crippen LogP contribution in [0.2, 0.25) is 0 Å². The fourth-order valence-corrected chi connectivity index (χ4v) is 5.81. The van der Waals surface area contributed by atoms with E-state index in [-0.39, 0.29) is 11.5 Å². The van der Waals surface area contributed by atoms with E-state index in [1.54, 1.807) is 19.2 Å². The van der Waals surface area contributed by atoms with Crippen LogP contribution in [0.1, 0.15) is 47.5 Å². The van der Waals surface area contributed by atoms with Gasteiger partial charge in [-0.15, -0.1) is 0 Å². The van der Waals surface area contributed by atoms with Gasteiger partial charge in [0.25, 0.3) is 0 Å². The lowest BCUT2D eigenvalue weighted by Gasteiger charge is -2.29. The monoisotopic (exact) mass is 479 g/mol. The van der Waals surface area contributed by atoms with Crippen molar-refractivity contribution in [2.75, 3.05) is 45.7 Å². The predicted octanol–water partition coefficient (Wildman–Crippen LogP) is 5.39. The number of rotatable bonds is 6. The van der Waals surface area contributed by atoms with Crippen LogP contribution in [-0.4, -0.2) is 67.6 Å². The standard InChI is InChI=1S/C28H34FN3O3/c1-30(2)12-13-31-14-15-32-25-16-18(28(33)34)8-10-21(25)26(20-6-4-5-7-23(20)29)27(32)22-11-9-19(35-3)17-24(22)31/h8-11,16-17,20,23H,4-7,12-15H2,1-3H3,(H,33,34)/t20-,23-/m0/s1. The van der Waals surface area contributed by atoms with Gasteiger partial charge in [0, 0.05) is 60.3 Å². The minimum atomic E-state index is -0.948. The first-order chi connectivity index (χ1) is 16.9. The van der Waals surface area contributed by atoms with Crippen LogP contribution in [0.5, 0.6) is 5.75 Å². The van der Waals surface area contributed by atoms with Gasteiger partial charge in [-0.1, -0.05) is 18.9 Å². The Balaban J connectivity index is 1.78. The molecule has 35 heavy (non-hydrogen) atoms. The van der Waals surface area contributed by atoms with Crippen LogP contribution < -0.4 is 9.64 Å². The number of fused-ring (bicyclic) bond motifs is 5. The van der Waals surface area contributed by atoms with Crippen LogP contribution in [0.15, 0.2) is 36.4 Å². The Hall–Kier alpha value is -3.06. The molecule has 0 saturated heterocycles. The summed E-state index contributed by atoms with van der Waals surface area (Å²) in [6.07, 6.45) is 2.42. The molecule has 0 amide bonds. The number of hydrogen-bond acceptors (Lipinski definition) is 4. The van der Waals surface area contributed by atoms with Crippen LogP contribution in [-0.2, 0) is 6.54 Å². The average Bonchev–Trinajstić information content (AvgIpc) is 3.07. The number of aromatic nitrogens is 1. The zero-order chi connectivity index (χ0) is 24.7. The molecule has 3 aromatic rings. The van der Waals surface area contributed by atoms with Gasteiger partial charge in [0.05, 0.1) is 18.4 Å². The molecule has 1 aliphatic heterocycles. The van der Waals surface area contributed by atoms with E-state index < -0.39 is 12.1 Å². The Labute approximate surface area is 205 Å². The smallest absolute Gasteiger partial charge is 0.335 e. The average molecular weight is 480 g/mol. The van der Waals surface area contributed by atoms with E-state index in [0.29, 0.717) is 13.0 Å². The summed E-state index contributed by atoms with van der Waals surface area (Å²) in [6, 6.07) is 11.4. The molecule has 7 heteroatoms. The van der Waals surface area contributed by atoms with E-state index in [1.165, 1.54) is 0 Å². The summed E-state index contributed by atoms with van der Waals surface area (Å²) >= 11 is 0. The minimum Gasteiger partial charge on any atom is -0.497 e. The Morgan fingerprint density at radius 3 is 2.66 bits per heavy atom. The quantitative estimate of drug-likeness (QED) is 0.514. The first-order valence-electron chi connectivity index (χ1n) is 12.5. The van der Waals surface area contributed by atoms with Crippen LogP contribution in [0.4, 0.5) is 10.1 Å². The zero-order valence-corrected chi connectivity index (χ0v) is 20.8. The number of carbonyl (C=O) groups is 1. The molecular formula is C28H34FN3O3. The summed E-state index contributed by atoms with van der Waals surface area (Å²) in [7, 11) is 5.81. The third-order valence-corrected chi connectivity index (χ3v) is 7.61. The lowest BCUT2D eigenvalue weighted by molar-refractivity contribution is 0.0697. The second kappa shape index (κ2) is 9.53. The number of nitrogens with zero attached hydrogens (tertiary/aromatic N) is 3. The molecule has 1 aromatic heterocycles. The number of ether oxygens (including phenoxy) is 1. The van der Waals surface area contributed by atoms with Gasteiger partial charge in [-0.3, -0.25) is 0 Å². The van der Waals surface area contributed by atoms with E-state index in [1.807, 2.05) is 12.1 Å². The fraction of sp³-hybridized carbons (Fsp3) is 0.464. The Morgan fingerprint density at radius 1 is 1.14 bits per heavy atom.